The number of carbonyl (C=O) groups excluding carboxylic acids is 1. The number of imidazole rings is 1. The fourth-order valence-corrected chi connectivity index (χ4v) is 6.39. The Morgan fingerprint density at radius 3 is 2.74 bits per heavy atom. The first-order chi connectivity index (χ1) is 18.3. The van der Waals surface area contributed by atoms with Crippen molar-refractivity contribution in [3.8, 4) is 5.75 Å². The van der Waals surface area contributed by atoms with E-state index in [1.54, 1.807) is 51.1 Å². The first kappa shape index (κ1) is 29.1. The smallest absolute Gasteiger partial charge is 0.323 e. The summed E-state index contributed by atoms with van der Waals surface area (Å²) in [6.45, 7) is 2.24. The molecule has 0 bridgehead atoms. The number of carbonyl (C=O) groups is 1. The van der Waals surface area contributed by atoms with Crippen LogP contribution in [0, 0.1) is 0 Å². The summed E-state index contributed by atoms with van der Waals surface area (Å²) in [6.07, 6.45) is -3.50. The Morgan fingerprint density at radius 2 is 2.08 bits per heavy atom. The molecule has 0 aliphatic carbocycles. The maximum absolute atomic E-state index is 15.9. The van der Waals surface area contributed by atoms with E-state index in [2.05, 4.69) is 20.0 Å². The van der Waals surface area contributed by atoms with Crippen molar-refractivity contribution in [3.05, 3.63) is 47.0 Å². The van der Waals surface area contributed by atoms with Gasteiger partial charge in [-0.2, -0.15) is 4.98 Å². The molecular weight excluding hydrogens is 554 g/mol. The largest absolute Gasteiger partial charge is 0.462 e. The second kappa shape index (κ2) is 11.3. The van der Waals surface area contributed by atoms with Gasteiger partial charge < -0.3 is 29.4 Å². The summed E-state index contributed by atoms with van der Waals surface area (Å²) >= 11 is 5.66. The normalized spacial score (nSPS) is 25.5. The lowest BCUT2D eigenvalue weighted by Gasteiger charge is -2.28. The third kappa shape index (κ3) is 6.29. The van der Waals surface area contributed by atoms with Gasteiger partial charge in [0.1, 0.15) is 24.0 Å². The molecule has 13 nitrogen and oxygen atoms in total. The van der Waals surface area contributed by atoms with E-state index in [1.165, 1.54) is 10.9 Å². The van der Waals surface area contributed by atoms with Crippen LogP contribution in [-0.4, -0.2) is 67.2 Å². The molecule has 4 rings (SSSR count). The predicted octanol–water partition coefficient (Wildman–Crippen LogP) is 1.94. The van der Waals surface area contributed by atoms with Gasteiger partial charge in [-0.15, -0.1) is 0 Å². The molecule has 1 aliphatic rings. The molecule has 212 valence electrons. The molecule has 1 aromatic carbocycles. The Bertz CT molecular complexity index is 1440. The lowest BCUT2D eigenvalue weighted by atomic mass is 9.98. The number of nitrogens with two attached hydrogens (primary N) is 1. The zero-order chi connectivity index (χ0) is 28.5. The molecule has 0 radical (unpaired) electrons. The average molecular weight is 585 g/mol. The van der Waals surface area contributed by atoms with Crippen LogP contribution in [0.15, 0.2) is 41.5 Å². The van der Waals surface area contributed by atoms with Gasteiger partial charge in [0.15, 0.2) is 23.1 Å². The third-order valence-corrected chi connectivity index (χ3v) is 8.35. The summed E-state index contributed by atoms with van der Waals surface area (Å²) in [4.78, 5) is 34.9. The van der Waals surface area contributed by atoms with Crippen molar-refractivity contribution in [1.82, 2.24) is 24.6 Å². The standard InChI is InChI=1S/C23H30FN6O7PS/c1-12(2)35-20(33)13(3)29-38(39,37-14-8-6-5-7-9-14)34-10-15-17(31)23(4,24)21(36-15)30-11-26-16-18(30)27-22(25)28-19(16)32/h5-9,11-13,15,17,21,31H,10H2,1-4H3,(H,29,39)(H3,25,27,28,32)/t13?,15-,17-,21?,23-,38-/m1/s1. The van der Waals surface area contributed by atoms with Crippen molar-refractivity contribution in [2.24, 2.45) is 0 Å². The van der Waals surface area contributed by atoms with Gasteiger partial charge >= 0.3 is 12.6 Å². The quantitative estimate of drug-likeness (QED) is 0.202. The fourth-order valence-electron chi connectivity index (χ4n) is 3.97. The molecule has 1 saturated heterocycles. The van der Waals surface area contributed by atoms with Crippen molar-refractivity contribution < 1.29 is 32.8 Å². The molecule has 1 fully saturated rings. The Morgan fingerprint density at radius 1 is 1.38 bits per heavy atom. The lowest BCUT2D eigenvalue weighted by Crippen LogP contribution is -2.41. The lowest BCUT2D eigenvalue weighted by molar-refractivity contribution is -0.149. The van der Waals surface area contributed by atoms with Crippen LogP contribution in [0.25, 0.3) is 11.2 Å². The number of rotatable bonds is 10. The number of nitrogens with zero attached hydrogens (tertiary/aromatic N) is 3. The van der Waals surface area contributed by atoms with E-state index in [9.17, 15) is 14.7 Å². The molecule has 6 atom stereocenters. The number of ether oxygens (including phenoxy) is 2. The summed E-state index contributed by atoms with van der Waals surface area (Å²) in [5.74, 6) is -0.386. The zero-order valence-corrected chi connectivity index (χ0v) is 23.3. The van der Waals surface area contributed by atoms with Gasteiger partial charge in [0.05, 0.1) is 19.0 Å². The number of halogens is 1. The summed E-state index contributed by atoms with van der Waals surface area (Å²) in [6, 6.07) is 7.66. The number of H-pyrrole nitrogens is 1. The van der Waals surface area contributed by atoms with E-state index in [4.69, 9.17) is 36.1 Å². The highest BCUT2D eigenvalue weighted by molar-refractivity contribution is 8.09. The van der Waals surface area contributed by atoms with Crippen LogP contribution < -0.4 is 20.9 Å². The van der Waals surface area contributed by atoms with Crippen molar-refractivity contribution in [1.29, 1.82) is 0 Å². The predicted molar refractivity (Wildman–Crippen MR) is 143 cm³/mol. The van der Waals surface area contributed by atoms with Gasteiger partial charge in [0, 0.05) is 0 Å². The number of aliphatic hydroxyl groups excluding tert-OH is 1. The summed E-state index contributed by atoms with van der Waals surface area (Å²) in [7, 11) is 0. The minimum Gasteiger partial charge on any atom is -0.462 e. The molecule has 2 unspecified atom stereocenters. The molecule has 39 heavy (non-hydrogen) atoms. The third-order valence-electron chi connectivity index (χ3n) is 5.86. The van der Waals surface area contributed by atoms with E-state index in [1.807, 2.05) is 0 Å². The van der Waals surface area contributed by atoms with E-state index in [-0.39, 0.29) is 23.2 Å². The Balaban J connectivity index is 1.56. The molecule has 5 N–H and O–H groups in total. The maximum Gasteiger partial charge on any atom is 0.323 e. The first-order valence-electron chi connectivity index (χ1n) is 12.0. The number of nitrogen functional groups attached to an aromatic ring is 1. The van der Waals surface area contributed by atoms with Crippen molar-refractivity contribution in [3.63, 3.8) is 0 Å². The number of aliphatic hydroxyl groups is 1. The highest BCUT2D eigenvalue weighted by Gasteiger charge is 2.55. The molecular formula is C23H30FN6O7PS. The van der Waals surface area contributed by atoms with Crippen molar-refractivity contribution in [2.75, 3.05) is 12.3 Å². The number of anilines is 1. The maximum atomic E-state index is 15.9. The number of aromatic nitrogens is 4. The summed E-state index contributed by atoms with van der Waals surface area (Å²) < 4.78 is 40.0. The first-order valence-corrected chi connectivity index (χ1v) is 14.7. The summed E-state index contributed by atoms with van der Waals surface area (Å²) in [5.41, 5.74) is 2.59. The van der Waals surface area contributed by atoms with Crippen LogP contribution in [0.2, 0.25) is 0 Å². The highest BCUT2D eigenvalue weighted by atomic mass is 32.5. The average Bonchev–Trinajstić information content (AvgIpc) is 3.36. The van der Waals surface area contributed by atoms with E-state index in [0.717, 1.165) is 6.92 Å². The Kier molecular flexibility index (Phi) is 8.40. The molecule has 3 heterocycles. The van der Waals surface area contributed by atoms with Gasteiger partial charge in [-0.3, -0.25) is 19.1 Å². The van der Waals surface area contributed by atoms with Crippen LogP contribution in [0.5, 0.6) is 5.75 Å². The number of hydrogen-bond acceptors (Lipinski definition) is 11. The number of nitrogens with one attached hydrogen (secondary N) is 2. The molecule has 2 aromatic heterocycles. The van der Waals surface area contributed by atoms with E-state index >= 15 is 4.39 Å². The van der Waals surface area contributed by atoms with Crippen LogP contribution in [0.1, 0.15) is 33.9 Å². The van der Waals surface area contributed by atoms with E-state index in [0.29, 0.717) is 5.75 Å². The summed E-state index contributed by atoms with van der Waals surface area (Å²) in [5, 5.41) is 13.7. The van der Waals surface area contributed by atoms with Gasteiger partial charge in [0.25, 0.3) is 5.56 Å². The number of hydrogen-bond donors (Lipinski definition) is 4. The molecule has 0 saturated carbocycles. The Labute approximate surface area is 228 Å². The van der Waals surface area contributed by atoms with Crippen LogP contribution >= 0.6 is 6.64 Å². The van der Waals surface area contributed by atoms with Crippen LogP contribution in [-0.2, 0) is 30.6 Å². The molecule has 0 spiro atoms. The van der Waals surface area contributed by atoms with E-state index < -0.39 is 54.9 Å². The topological polar surface area (TPSA) is 176 Å². The number of esters is 1. The molecule has 1 aliphatic heterocycles. The van der Waals surface area contributed by atoms with Crippen LogP contribution in [0.3, 0.4) is 0 Å². The number of para-hydroxylation sites is 1. The number of alkyl halides is 1. The van der Waals surface area contributed by atoms with Gasteiger partial charge in [-0.25, -0.2) is 14.5 Å². The van der Waals surface area contributed by atoms with Crippen molar-refractivity contribution in [2.45, 2.75) is 63.9 Å². The molecule has 0 amide bonds. The van der Waals surface area contributed by atoms with Crippen molar-refractivity contribution >= 4 is 41.5 Å². The number of fused-ring (bicyclic) bond motifs is 1. The molecule has 16 heteroatoms. The minimum atomic E-state index is -3.47. The van der Waals surface area contributed by atoms with Crippen LogP contribution in [0.4, 0.5) is 10.3 Å². The van der Waals surface area contributed by atoms with Gasteiger partial charge in [0.2, 0.25) is 5.95 Å². The van der Waals surface area contributed by atoms with Gasteiger partial charge in [-0.05, 0) is 51.6 Å². The fraction of sp³-hybridized carbons (Fsp3) is 0.478. The van der Waals surface area contributed by atoms with Gasteiger partial charge in [-0.1, -0.05) is 18.2 Å². The SMILES string of the molecule is CC(C)OC(=O)C(C)N[P@@](=S)(OC[C@H]1OC(n2cnc3c(=O)[nH]c(N)nc32)[C@](C)(F)[C@@H]1O)Oc1ccccc1. The second-order valence-corrected chi connectivity index (χ2v) is 12.6. The zero-order valence-electron chi connectivity index (χ0n) is 21.6. The minimum absolute atomic E-state index is 0.0180. The Hall–Kier alpha value is -2.94. The number of benzene rings is 1. The monoisotopic (exact) mass is 584 g/mol. The second-order valence-electron chi connectivity index (χ2n) is 9.43. The highest BCUT2D eigenvalue weighted by Crippen LogP contribution is 2.48. The molecule has 3 aromatic rings. The number of aromatic amines is 1.